The number of benzene rings is 1. The maximum Gasteiger partial charge on any atom is 0.152 e. The van der Waals surface area contributed by atoms with Gasteiger partial charge in [-0.15, -0.1) is 0 Å². The molecule has 24 heavy (non-hydrogen) atoms. The Hall–Kier alpha value is -2.40. The topological polar surface area (TPSA) is 56.7 Å². The molecule has 0 aliphatic carbocycles. The number of rotatable bonds is 9. The van der Waals surface area contributed by atoms with Gasteiger partial charge in [0.15, 0.2) is 6.29 Å². The highest BCUT2D eigenvalue weighted by molar-refractivity contribution is 6.09. The zero-order valence-corrected chi connectivity index (χ0v) is 14.4. The molecule has 1 aromatic carbocycles. The number of likely N-dealkylation sites (N-methyl/N-ethyl adjacent to an activating group) is 2. The molecule has 0 radical (unpaired) electrons. The molecule has 0 fully saturated rings. The Morgan fingerprint density at radius 1 is 1.42 bits per heavy atom. The summed E-state index contributed by atoms with van der Waals surface area (Å²) in [5, 5.41) is 6.74. The van der Waals surface area contributed by atoms with Crippen molar-refractivity contribution in [3.8, 4) is 0 Å². The van der Waals surface area contributed by atoms with E-state index >= 15 is 0 Å². The Balaban J connectivity index is 2.14. The van der Waals surface area contributed by atoms with E-state index in [2.05, 4.69) is 22.5 Å². The Morgan fingerprint density at radius 2 is 2.25 bits per heavy atom. The number of allylic oxidation sites excluding steroid dienone is 1. The van der Waals surface area contributed by atoms with Gasteiger partial charge < -0.3 is 15.5 Å². The minimum absolute atomic E-state index is 0.149. The monoisotopic (exact) mass is 326 g/mol. The average molecular weight is 326 g/mol. The van der Waals surface area contributed by atoms with Gasteiger partial charge in [0.05, 0.1) is 6.04 Å². The van der Waals surface area contributed by atoms with E-state index in [4.69, 9.17) is 0 Å². The highest BCUT2D eigenvalue weighted by Crippen LogP contribution is 2.24. The summed E-state index contributed by atoms with van der Waals surface area (Å²) in [7, 11) is 1.98. The van der Waals surface area contributed by atoms with Gasteiger partial charge in [-0.05, 0) is 19.0 Å². The van der Waals surface area contributed by atoms with Gasteiger partial charge in [0.1, 0.15) is 0 Å². The first kappa shape index (κ1) is 17.9. The number of hydrogen-bond acceptors (Lipinski definition) is 5. The quantitative estimate of drug-likeness (QED) is 0.416. The van der Waals surface area contributed by atoms with Crippen molar-refractivity contribution < 1.29 is 4.79 Å². The zero-order valence-electron chi connectivity index (χ0n) is 14.4. The summed E-state index contributed by atoms with van der Waals surface area (Å²) in [5.41, 5.74) is 2.52. The molecule has 2 N–H and O–H groups in total. The smallest absolute Gasteiger partial charge is 0.152 e. The first-order chi connectivity index (χ1) is 11.7. The Morgan fingerprint density at radius 3 is 2.96 bits per heavy atom. The first-order valence-electron chi connectivity index (χ1n) is 8.36. The molecule has 1 heterocycles. The van der Waals surface area contributed by atoms with Gasteiger partial charge in [-0.1, -0.05) is 31.2 Å². The molecule has 0 aromatic heterocycles. The van der Waals surface area contributed by atoms with Crippen LogP contribution in [0.3, 0.4) is 0 Å². The Labute approximate surface area is 144 Å². The predicted molar refractivity (Wildman–Crippen MR) is 101 cm³/mol. The molecule has 128 valence electrons. The second kappa shape index (κ2) is 9.67. The summed E-state index contributed by atoms with van der Waals surface area (Å²) in [6, 6.07) is 8.04. The second-order valence-corrected chi connectivity index (χ2v) is 5.75. The summed E-state index contributed by atoms with van der Waals surface area (Å²) >= 11 is 0. The van der Waals surface area contributed by atoms with E-state index in [1.54, 1.807) is 6.20 Å². The number of aliphatic imine (C=N–C) groups is 1. The number of carbonyl (C=O) groups is 1. The Kier molecular flexibility index (Phi) is 7.23. The van der Waals surface area contributed by atoms with E-state index in [0.29, 0.717) is 5.57 Å². The van der Waals surface area contributed by atoms with Gasteiger partial charge in [0.25, 0.3) is 0 Å². The van der Waals surface area contributed by atoms with Crippen LogP contribution in [0.5, 0.6) is 0 Å². The van der Waals surface area contributed by atoms with Gasteiger partial charge >= 0.3 is 0 Å². The molecule has 1 aromatic rings. The van der Waals surface area contributed by atoms with E-state index in [-0.39, 0.29) is 6.04 Å². The third-order valence-electron chi connectivity index (χ3n) is 3.80. The predicted octanol–water partition coefficient (Wildman–Crippen LogP) is 2.54. The molecular formula is C19H26N4O. The molecule has 5 heteroatoms. The third kappa shape index (κ3) is 5.35. The van der Waals surface area contributed by atoms with Crippen molar-refractivity contribution in [1.29, 1.82) is 0 Å². The summed E-state index contributed by atoms with van der Waals surface area (Å²) < 4.78 is 0. The number of aldehydes is 1. The molecular weight excluding hydrogens is 300 g/mol. The minimum atomic E-state index is 0.149. The molecule has 5 nitrogen and oxygen atoms in total. The lowest BCUT2D eigenvalue weighted by molar-refractivity contribution is -0.103. The Bertz CT molecular complexity index is 622. The van der Waals surface area contributed by atoms with Crippen LogP contribution in [0.15, 0.2) is 47.7 Å². The first-order valence-corrected chi connectivity index (χ1v) is 8.36. The van der Waals surface area contributed by atoms with Gasteiger partial charge in [0, 0.05) is 55.6 Å². The minimum Gasteiger partial charge on any atom is -0.379 e. The molecule has 1 aliphatic heterocycles. The van der Waals surface area contributed by atoms with Crippen molar-refractivity contribution in [3.63, 3.8) is 0 Å². The van der Waals surface area contributed by atoms with Crippen LogP contribution in [0, 0.1) is 0 Å². The second-order valence-electron chi connectivity index (χ2n) is 5.75. The van der Waals surface area contributed by atoms with Crippen LogP contribution in [-0.4, -0.2) is 50.1 Å². The van der Waals surface area contributed by atoms with E-state index < -0.39 is 0 Å². The molecule has 2 rings (SSSR count). The number of anilines is 1. The fraction of sp³-hybridized carbons (Fsp3) is 0.368. The van der Waals surface area contributed by atoms with E-state index in [1.165, 1.54) is 0 Å². The average Bonchev–Trinajstić information content (AvgIpc) is 2.61. The lowest BCUT2D eigenvalue weighted by atomic mass is 10.0. The summed E-state index contributed by atoms with van der Waals surface area (Å²) in [6.07, 6.45) is 9.44. The van der Waals surface area contributed by atoms with Crippen molar-refractivity contribution >= 4 is 23.8 Å². The van der Waals surface area contributed by atoms with Crippen LogP contribution in [0.25, 0.3) is 5.57 Å². The summed E-state index contributed by atoms with van der Waals surface area (Å²) in [5.74, 6) is 0. The largest absolute Gasteiger partial charge is 0.379 e. The van der Waals surface area contributed by atoms with Crippen molar-refractivity contribution in [3.05, 3.63) is 48.3 Å². The number of nitrogens with zero attached hydrogens (tertiary/aromatic N) is 2. The maximum atomic E-state index is 11.6. The molecule has 0 spiro atoms. The fourth-order valence-electron chi connectivity index (χ4n) is 2.54. The molecule has 1 aliphatic rings. The lowest BCUT2D eigenvalue weighted by Gasteiger charge is -2.20. The van der Waals surface area contributed by atoms with Gasteiger partial charge in [0.2, 0.25) is 0 Å². The van der Waals surface area contributed by atoms with Crippen LogP contribution < -0.4 is 10.6 Å². The van der Waals surface area contributed by atoms with E-state index in [9.17, 15) is 4.79 Å². The standard InChI is InChI=1S/C19H26N4O/c1-3-20-11-12-23(2)14-16(15-24)18-8-4-5-9-19(18)22-17-7-6-10-21-13-17/h4-6,8-10,13-15,17,20,22H,3,7,11-12H2,1-2H3/b16-14+. The van der Waals surface area contributed by atoms with E-state index in [0.717, 1.165) is 43.6 Å². The highest BCUT2D eigenvalue weighted by atomic mass is 16.1. The third-order valence-corrected chi connectivity index (χ3v) is 3.80. The number of carbonyl (C=O) groups excluding carboxylic acids is 1. The lowest BCUT2D eigenvalue weighted by Crippen LogP contribution is -2.26. The normalized spacial score (nSPS) is 16.9. The van der Waals surface area contributed by atoms with Gasteiger partial charge in [-0.2, -0.15) is 0 Å². The van der Waals surface area contributed by atoms with Gasteiger partial charge in [-0.25, -0.2) is 0 Å². The zero-order chi connectivity index (χ0) is 17.2. The van der Waals surface area contributed by atoms with Crippen molar-refractivity contribution in [2.24, 2.45) is 4.99 Å². The molecule has 0 saturated carbocycles. The van der Waals surface area contributed by atoms with Crippen LogP contribution in [0.4, 0.5) is 5.69 Å². The van der Waals surface area contributed by atoms with Crippen molar-refractivity contribution in [1.82, 2.24) is 10.2 Å². The van der Waals surface area contributed by atoms with Crippen molar-refractivity contribution in [2.45, 2.75) is 19.4 Å². The molecule has 0 bridgehead atoms. The number of para-hydroxylation sites is 1. The maximum absolute atomic E-state index is 11.6. The SMILES string of the molecule is CCNCCN(C)/C=C(\C=O)c1ccccc1NC1C=NC=CC1. The van der Waals surface area contributed by atoms with Crippen molar-refractivity contribution in [2.75, 3.05) is 32.0 Å². The molecule has 0 saturated heterocycles. The van der Waals surface area contributed by atoms with Crippen LogP contribution in [0.2, 0.25) is 0 Å². The summed E-state index contributed by atoms with van der Waals surface area (Å²) in [4.78, 5) is 17.8. The molecule has 1 atom stereocenters. The van der Waals surface area contributed by atoms with Crippen LogP contribution in [0.1, 0.15) is 18.9 Å². The number of nitrogens with one attached hydrogen (secondary N) is 2. The fourth-order valence-corrected chi connectivity index (χ4v) is 2.54. The summed E-state index contributed by atoms with van der Waals surface area (Å²) in [6.45, 7) is 4.77. The molecule has 1 unspecified atom stereocenters. The van der Waals surface area contributed by atoms with Crippen LogP contribution in [-0.2, 0) is 4.79 Å². The van der Waals surface area contributed by atoms with Crippen LogP contribution >= 0.6 is 0 Å². The van der Waals surface area contributed by atoms with E-state index in [1.807, 2.05) is 54.7 Å². The van der Waals surface area contributed by atoms with Gasteiger partial charge in [-0.3, -0.25) is 9.79 Å². The number of hydrogen-bond donors (Lipinski definition) is 2. The molecule has 0 amide bonds. The highest BCUT2D eigenvalue weighted by Gasteiger charge is 2.12.